The molecule has 4 nitrogen and oxygen atoms in total. The van der Waals surface area contributed by atoms with Gasteiger partial charge in [0.2, 0.25) is 0 Å². The third-order valence-electron chi connectivity index (χ3n) is 1.66. The zero-order valence-corrected chi connectivity index (χ0v) is 8.29. The molecule has 15 heavy (non-hydrogen) atoms. The Labute approximate surface area is 85.1 Å². The minimum Gasteiger partial charge on any atom is -0.364 e. The molecular weight excluding hydrogens is 211 g/mol. The van der Waals surface area contributed by atoms with E-state index >= 15 is 0 Å². The molecule has 0 aromatic carbocycles. The van der Waals surface area contributed by atoms with E-state index < -0.39 is 12.8 Å². The van der Waals surface area contributed by atoms with Gasteiger partial charge < -0.3 is 9.30 Å². The molecule has 1 rings (SSSR count). The summed E-state index contributed by atoms with van der Waals surface area (Å²) in [6.07, 6.45) is -1.95. The molecule has 1 heterocycles. The second-order valence-electron chi connectivity index (χ2n) is 3.05. The third-order valence-corrected chi connectivity index (χ3v) is 1.66. The van der Waals surface area contributed by atoms with Crippen molar-refractivity contribution in [2.75, 3.05) is 6.61 Å². The maximum absolute atomic E-state index is 11.8. The molecule has 0 radical (unpaired) electrons. The Balaban J connectivity index is 2.40. The number of aryl methyl sites for hydroxylation is 1. The molecule has 1 aromatic heterocycles. The van der Waals surface area contributed by atoms with Crippen molar-refractivity contribution in [3.8, 4) is 0 Å². The van der Waals surface area contributed by atoms with Gasteiger partial charge in [0.05, 0.1) is 0 Å². The number of rotatable bonds is 5. The number of nitrogens with zero attached hydrogens (tertiary/aromatic N) is 3. The van der Waals surface area contributed by atoms with Gasteiger partial charge in [-0.15, -0.1) is 10.2 Å². The van der Waals surface area contributed by atoms with Crippen molar-refractivity contribution in [3.05, 3.63) is 12.2 Å². The van der Waals surface area contributed by atoms with Crippen LogP contribution in [0.15, 0.2) is 6.33 Å². The fraction of sp³-hybridized carbons (Fsp3) is 0.750. The van der Waals surface area contributed by atoms with E-state index in [0.717, 1.165) is 6.42 Å². The first-order valence-corrected chi connectivity index (χ1v) is 4.54. The zero-order valence-electron chi connectivity index (χ0n) is 8.29. The molecule has 86 valence electrons. The molecule has 7 heteroatoms. The second kappa shape index (κ2) is 5.11. The Morgan fingerprint density at radius 3 is 2.80 bits per heavy atom. The first-order valence-electron chi connectivity index (χ1n) is 4.54. The minimum absolute atomic E-state index is 0.167. The average Bonchev–Trinajstić information content (AvgIpc) is 2.51. The molecule has 0 unspecified atom stereocenters. The van der Waals surface area contributed by atoms with Crippen molar-refractivity contribution in [2.24, 2.45) is 0 Å². The van der Waals surface area contributed by atoms with Gasteiger partial charge in [0.25, 0.3) is 0 Å². The Morgan fingerprint density at radius 1 is 1.47 bits per heavy atom. The largest absolute Gasteiger partial charge is 0.411 e. The first-order chi connectivity index (χ1) is 7.03. The molecule has 0 aliphatic carbocycles. The highest BCUT2D eigenvalue weighted by atomic mass is 19.4. The second-order valence-corrected chi connectivity index (χ2v) is 3.05. The van der Waals surface area contributed by atoms with Gasteiger partial charge in [-0.2, -0.15) is 13.2 Å². The fourth-order valence-corrected chi connectivity index (χ4v) is 1.08. The molecular formula is C8H12F3N3O. The van der Waals surface area contributed by atoms with E-state index in [1.165, 1.54) is 6.33 Å². The van der Waals surface area contributed by atoms with E-state index in [-0.39, 0.29) is 6.61 Å². The van der Waals surface area contributed by atoms with Gasteiger partial charge in [-0.25, -0.2) is 0 Å². The van der Waals surface area contributed by atoms with E-state index in [1.54, 1.807) is 4.57 Å². The van der Waals surface area contributed by atoms with E-state index in [2.05, 4.69) is 14.9 Å². The van der Waals surface area contributed by atoms with E-state index in [0.29, 0.717) is 12.4 Å². The number of ether oxygens (including phenoxy) is 1. The highest BCUT2D eigenvalue weighted by Crippen LogP contribution is 2.15. The van der Waals surface area contributed by atoms with Gasteiger partial charge in [0.1, 0.15) is 19.5 Å². The van der Waals surface area contributed by atoms with Gasteiger partial charge in [-0.1, -0.05) is 6.92 Å². The third kappa shape index (κ3) is 4.28. The lowest BCUT2D eigenvalue weighted by Crippen LogP contribution is -2.17. The summed E-state index contributed by atoms with van der Waals surface area (Å²) in [5.41, 5.74) is 0. The fourth-order valence-electron chi connectivity index (χ4n) is 1.08. The Kier molecular flexibility index (Phi) is 4.07. The van der Waals surface area contributed by atoms with Crippen molar-refractivity contribution in [1.29, 1.82) is 0 Å². The highest BCUT2D eigenvalue weighted by Gasteiger charge is 2.27. The summed E-state index contributed by atoms with van der Waals surface area (Å²) in [5, 5.41) is 7.28. The SMILES string of the molecule is CCCn1cnnc1COCC(F)(F)F. The van der Waals surface area contributed by atoms with Crippen molar-refractivity contribution >= 4 is 0 Å². The van der Waals surface area contributed by atoms with Gasteiger partial charge >= 0.3 is 6.18 Å². The van der Waals surface area contributed by atoms with Gasteiger partial charge in [-0.3, -0.25) is 0 Å². The van der Waals surface area contributed by atoms with Gasteiger partial charge in [-0.05, 0) is 6.42 Å². The van der Waals surface area contributed by atoms with Crippen molar-refractivity contribution < 1.29 is 17.9 Å². The standard InChI is InChI=1S/C8H12F3N3O/c1-2-3-14-6-12-13-7(14)4-15-5-8(9,10)11/h6H,2-5H2,1H3. The van der Waals surface area contributed by atoms with E-state index in [1.807, 2.05) is 6.92 Å². The summed E-state index contributed by atoms with van der Waals surface area (Å²) in [4.78, 5) is 0. The maximum Gasteiger partial charge on any atom is 0.411 e. The molecule has 0 fully saturated rings. The first kappa shape index (κ1) is 12.0. The molecule has 1 aromatic rings. The Hall–Kier alpha value is -1.11. The van der Waals surface area contributed by atoms with E-state index in [4.69, 9.17) is 0 Å². The molecule has 0 bridgehead atoms. The maximum atomic E-state index is 11.8. The number of alkyl halides is 3. The van der Waals surface area contributed by atoms with Crippen LogP contribution in [0.2, 0.25) is 0 Å². The van der Waals surface area contributed by atoms with Crippen LogP contribution in [0.3, 0.4) is 0 Å². The lowest BCUT2D eigenvalue weighted by Gasteiger charge is -2.08. The Morgan fingerprint density at radius 2 is 2.20 bits per heavy atom. The van der Waals surface area contributed by atoms with Crippen molar-refractivity contribution in [2.45, 2.75) is 32.7 Å². The minimum atomic E-state index is -4.30. The average molecular weight is 223 g/mol. The lowest BCUT2D eigenvalue weighted by atomic mass is 10.4. The highest BCUT2D eigenvalue weighted by molar-refractivity contribution is 4.82. The summed E-state index contributed by atoms with van der Waals surface area (Å²) in [7, 11) is 0. The monoisotopic (exact) mass is 223 g/mol. The van der Waals surface area contributed by atoms with Crippen LogP contribution in [-0.4, -0.2) is 27.5 Å². The molecule has 0 aliphatic rings. The molecule has 0 spiro atoms. The van der Waals surface area contributed by atoms with Crippen LogP contribution >= 0.6 is 0 Å². The van der Waals surface area contributed by atoms with Crippen molar-refractivity contribution in [1.82, 2.24) is 14.8 Å². The summed E-state index contributed by atoms with van der Waals surface area (Å²) in [6.45, 7) is 1.21. The zero-order chi connectivity index (χ0) is 11.3. The predicted molar refractivity (Wildman–Crippen MR) is 46.0 cm³/mol. The van der Waals surface area contributed by atoms with Crippen LogP contribution in [-0.2, 0) is 17.9 Å². The van der Waals surface area contributed by atoms with Crippen LogP contribution in [0.1, 0.15) is 19.2 Å². The number of hydrogen-bond donors (Lipinski definition) is 0. The van der Waals surface area contributed by atoms with Crippen LogP contribution in [0.25, 0.3) is 0 Å². The molecule has 0 atom stereocenters. The molecule has 0 aliphatic heterocycles. The van der Waals surface area contributed by atoms with Crippen molar-refractivity contribution in [3.63, 3.8) is 0 Å². The topological polar surface area (TPSA) is 39.9 Å². The molecule has 0 saturated heterocycles. The summed E-state index contributed by atoms with van der Waals surface area (Å²) in [6, 6.07) is 0. The van der Waals surface area contributed by atoms with Crippen LogP contribution in [0, 0.1) is 0 Å². The summed E-state index contributed by atoms with van der Waals surface area (Å²) >= 11 is 0. The molecule has 0 N–H and O–H groups in total. The number of halogens is 3. The molecule has 0 saturated carbocycles. The predicted octanol–water partition coefficient (Wildman–Crippen LogP) is 1.77. The Bertz CT molecular complexity index is 298. The molecule has 0 amide bonds. The smallest absolute Gasteiger partial charge is 0.364 e. The summed E-state index contributed by atoms with van der Waals surface area (Å²) in [5.74, 6) is 0.418. The summed E-state index contributed by atoms with van der Waals surface area (Å²) < 4.78 is 41.5. The lowest BCUT2D eigenvalue weighted by molar-refractivity contribution is -0.177. The van der Waals surface area contributed by atoms with Gasteiger partial charge in [0, 0.05) is 6.54 Å². The number of hydrogen-bond acceptors (Lipinski definition) is 3. The van der Waals surface area contributed by atoms with Crippen LogP contribution in [0.4, 0.5) is 13.2 Å². The van der Waals surface area contributed by atoms with Crippen LogP contribution < -0.4 is 0 Å². The quantitative estimate of drug-likeness (QED) is 0.763. The van der Waals surface area contributed by atoms with Crippen LogP contribution in [0.5, 0.6) is 0 Å². The number of aromatic nitrogens is 3. The van der Waals surface area contributed by atoms with E-state index in [9.17, 15) is 13.2 Å². The normalized spacial score (nSPS) is 12.0. The van der Waals surface area contributed by atoms with Gasteiger partial charge in [0.15, 0.2) is 5.82 Å².